The molecule has 1 N–H and O–H groups in total. The molecule has 138 valence electrons. The fraction of sp³-hybridized carbons (Fsp3) is 0.368. The Balaban J connectivity index is 1.50. The molecule has 6 nitrogen and oxygen atoms in total. The molecule has 0 spiro atoms. The molecule has 1 aliphatic rings. The van der Waals surface area contributed by atoms with Crippen LogP contribution in [0.3, 0.4) is 0 Å². The topological polar surface area (TPSA) is 65.8 Å². The highest BCUT2D eigenvalue weighted by molar-refractivity contribution is 9.10. The molecule has 0 saturated carbocycles. The molecule has 3 rings (SSSR count). The smallest absolute Gasteiger partial charge is 0.289 e. The standard InChI is InChI=1S/C19H22BrN3O3/c1-13-4-3-5-15(14(13)2)21-18(24)12-22-8-10-23(11-9-22)19(25)16-6-7-17(20)26-16/h3-7H,8-12H2,1-2H3,(H,21,24). The summed E-state index contributed by atoms with van der Waals surface area (Å²) in [6.45, 7) is 6.83. The number of rotatable bonds is 4. The minimum Gasteiger partial charge on any atom is -0.444 e. The Bertz CT molecular complexity index is 810. The molecule has 1 aromatic heterocycles. The number of anilines is 1. The normalized spacial score (nSPS) is 15.1. The van der Waals surface area contributed by atoms with E-state index in [0.717, 1.165) is 16.8 Å². The van der Waals surface area contributed by atoms with Gasteiger partial charge in [0.15, 0.2) is 10.4 Å². The molecule has 2 amide bonds. The third-order valence-corrected chi connectivity index (χ3v) is 5.12. The van der Waals surface area contributed by atoms with E-state index in [1.54, 1.807) is 17.0 Å². The van der Waals surface area contributed by atoms with Crippen LogP contribution in [-0.2, 0) is 4.79 Å². The van der Waals surface area contributed by atoms with Crippen molar-refractivity contribution in [1.29, 1.82) is 0 Å². The number of hydrogen-bond acceptors (Lipinski definition) is 4. The monoisotopic (exact) mass is 419 g/mol. The van der Waals surface area contributed by atoms with Gasteiger partial charge in [-0.05, 0) is 59.1 Å². The highest BCUT2D eigenvalue weighted by Crippen LogP contribution is 2.19. The van der Waals surface area contributed by atoms with Crippen LogP contribution in [0.2, 0.25) is 0 Å². The van der Waals surface area contributed by atoms with Crippen LogP contribution in [0.1, 0.15) is 21.7 Å². The van der Waals surface area contributed by atoms with E-state index in [-0.39, 0.29) is 11.8 Å². The molecule has 0 radical (unpaired) electrons. The first kappa shape index (κ1) is 18.7. The van der Waals surface area contributed by atoms with Crippen LogP contribution < -0.4 is 5.32 Å². The molecular weight excluding hydrogens is 398 g/mol. The summed E-state index contributed by atoms with van der Waals surface area (Å²) in [6, 6.07) is 9.25. The maximum absolute atomic E-state index is 12.4. The summed E-state index contributed by atoms with van der Waals surface area (Å²) in [6.07, 6.45) is 0. The highest BCUT2D eigenvalue weighted by Gasteiger charge is 2.25. The van der Waals surface area contributed by atoms with Crippen LogP contribution in [0, 0.1) is 13.8 Å². The number of nitrogens with zero attached hydrogens (tertiary/aromatic N) is 2. The lowest BCUT2D eigenvalue weighted by Gasteiger charge is -2.33. The van der Waals surface area contributed by atoms with Crippen molar-refractivity contribution in [3.05, 3.63) is 51.9 Å². The number of furan rings is 1. The van der Waals surface area contributed by atoms with E-state index in [1.165, 1.54) is 0 Å². The fourth-order valence-electron chi connectivity index (χ4n) is 2.97. The number of carbonyl (C=O) groups excluding carboxylic acids is 2. The zero-order valence-electron chi connectivity index (χ0n) is 14.9. The van der Waals surface area contributed by atoms with Gasteiger partial charge < -0.3 is 14.6 Å². The van der Waals surface area contributed by atoms with Gasteiger partial charge in [0.05, 0.1) is 6.54 Å². The van der Waals surface area contributed by atoms with Crippen LogP contribution in [0.15, 0.2) is 39.4 Å². The van der Waals surface area contributed by atoms with E-state index in [1.807, 2.05) is 32.0 Å². The maximum Gasteiger partial charge on any atom is 0.289 e. The minimum atomic E-state index is -0.116. The van der Waals surface area contributed by atoms with Crippen LogP contribution in [0.25, 0.3) is 0 Å². The summed E-state index contributed by atoms with van der Waals surface area (Å²) in [4.78, 5) is 28.5. The zero-order chi connectivity index (χ0) is 18.7. The van der Waals surface area contributed by atoms with E-state index in [2.05, 4.69) is 26.1 Å². The van der Waals surface area contributed by atoms with E-state index in [9.17, 15) is 9.59 Å². The van der Waals surface area contributed by atoms with Crippen molar-refractivity contribution in [2.45, 2.75) is 13.8 Å². The molecule has 0 aliphatic carbocycles. The number of halogens is 1. The van der Waals surface area contributed by atoms with Crippen molar-refractivity contribution in [1.82, 2.24) is 9.80 Å². The SMILES string of the molecule is Cc1cccc(NC(=O)CN2CCN(C(=O)c3ccc(Br)o3)CC2)c1C. The second kappa shape index (κ2) is 8.05. The van der Waals surface area contributed by atoms with Gasteiger partial charge in [-0.15, -0.1) is 0 Å². The van der Waals surface area contributed by atoms with Crippen LogP contribution in [-0.4, -0.2) is 54.3 Å². The third-order valence-electron chi connectivity index (χ3n) is 4.69. The van der Waals surface area contributed by atoms with E-state index >= 15 is 0 Å². The van der Waals surface area contributed by atoms with Gasteiger partial charge in [-0.25, -0.2) is 0 Å². The van der Waals surface area contributed by atoms with E-state index in [4.69, 9.17) is 4.42 Å². The average Bonchev–Trinajstić information content (AvgIpc) is 3.05. The molecule has 0 unspecified atom stereocenters. The second-order valence-corrected chi connectivity index (χ2v) is 7.25. The number of carbonyl (C=O) groups is 2. The van der Waals surface area contributed by atoms with Gasteiger partial charge in [0, 0.05) is 31.9 Å². The lowest BCUT2D eigenvalue weighted by atomic mass is 10.1. The Kier molecular flexibility index (Phi) is 5.78. The van der Waals surface area contributed by atoms with Crippen LogP contribution >= 0.6 is 15.9 Å². The Morgan fingerprint density at radius 2 is 1.85 bits per heavy atom. The van der Waals surface area contributed by atoms with E-state index in [0.29, 0.717) is 43.2 Å². The predicted octanol–water partition coefficient (Wildman–Crippen LogP) is 3.06. The summed E-state index contributed by atoms with van der Waals surface area (Å²) >= 11 is 3.21. The van der Waals surface area contributed by atoms with Crippen molar-refractivity contribution in [2.24, 2.45) is 0 Å². The van der Waals surface area contributed by atoms with Gasteiger partial charge >= 0.3 is 0 Å². The molecule has 0 atom stereocenters. The number of hydrogen-bond donors (Lipinski definition) is 1. The number of benzene rings is 1. The van der Waals surface area contributed by atoms with Gasteiger partial charge in [0.1, 0.15) is 0 Å². The lowest BCUT2D eigenvalue weighted by molar-refractivity contribution is -0.117. The quantitative estimate of drug-likeness (QED) is 0.826. The molecule has 7 heteroatoms. The third kappa shape index (κ3) is 4.34. The van der Waals surface area contributed by atoms with Gasteiger partial charge in [-0.3, -0.25) is 14.5 Å². The Hall–Kier alpha value is -2.12. The molecule has 2 aromatic rings. The summed E-state index contributed by atoms with van der Waals surface area (Å²) < 4.78 is 5.87. The fourth-order valence-corrected chi connectivity index (χ4v) is 3.28. The molecule has 1 aliphatic heterocycles. The van der Waals surface area contributed by atoms with Crippen LogP contribution in [0.5, 0.6) is 0 Å². The summed E-state index contributed by atoms with van der Waals surface area (Å²) in [5, 5.41) is 2.98. The molecule has 0 bridgehead atoms. The summed E-state index contributed by atoms with van der Waals surface area (Å²) in [5.74, 6) is 0.182. The highest BCUT2D eigenvalue weighted by atomic mass is 79.9. The average molecular weight is 420 g/mol. The Morgan fingerprint density at radius 1 is 1.12 bits per heavy atom. The summed E-state index contributed by atoms with van der Waals surface area (Å²) in [7, 11) is 0. The van der Waals surface area contributed by atoms with Gasteiger partial charge in [0.2, 0.25) is 5.91 Å². The molecule has 1 aromatic carbocycles. The van der Waals surface area contributed by atoms with Gasteiger partial charge in [-0.1, -0.05) is 12.1 Å². The molecular formula is C19H22BrN3O3. The number of aryl methyl sites for hydroxylation is 1. The van der Waals surface area contributed by atoms with Crippen molar-refractivity contribution in [3.63, 3.8) is 0 Å². The molecule has 26 heavy (non-hydrogen) atoms. The maximum atomic E-state index is 12.4. The Labute approximate surface area is 161 Å². The molecule has 2 heterocycles. The van der Waals surface area contributed by atoms with Crippen molar-refractivity contribution in [2.75, 3.05) is 38.0 Å². The number of piperazine rings is 1. The van der Waals surface area contributed by atoms with Crippen molar-refractivity contribution >= 4 is 33.4 Å². The zero-order valence-corrected chi connectivity index (χ0v) is 16.5. The van der Waals surface area contributed by atoms with Gasteiger partial charge in [-0.2, -0.15) is 0 Å². The summed E-state index contributed by atoms with van der Waals surface area (Å²) in [5.41, 5.74) is 3.09. The number of nitrogens with one attached hydrogen (secondary N) is 1. The molecule has 1 saturated heterocycles. The first-order valence-corrected chi connectivity index (χ1v) is 9.36. The van der Waals surface area contributed by atoms with E-state index < -0.39 is 0 Å². The van der Waals surface area contributed by atoms with Crippen LogP contribution in [0.4, 0.5) is 5.69 Å². The first-order chi connectivity index (χ1) is 12.4. The first-order valence-electron chi connectivity index (χ1n) is 8.57. The second-order valence-electron chi connectivity index (χ2n) is 6.47. The predicted molar refractivity (Wildman–Crippen MR) is 103 cm³/mol. The van der Waals surface area contributed by atoms with Crippen molar-refractivity contribution < 1.29 is 14.0 Å². The Morgan fingerprint density at radius 3 is 2.50 bits per heavy atom. The van der Waals surface area contributed by atoms with Gasteiger partial charge in [0.25, 0.3) is 5.91 Å². The van der Waals surface area contributed by atoms with Crippen molar-refractivity contribution in [3.8, 4) is 0 Å². The minimum absolute atomic E-state index is 0.0339. The molecule has 1 fully saturated rings. The number of amides is 2. The largest absolute Gasteiger partial charge is 0.444 e. The lowest BCUT2D eigenvalue weighted by Crippen LogP contribution is -2.50.